The van der Waals surface area contributed by atoms with Gasteiger partial charge in [0.15, 0.2) is 6.61 Å². The number of sulfonamides is 1. The third kappa shape index (κ3) is 7.52. The van der Waals surface area contributed by atoms with Crippen molar-refractivity contribution < 1.29 is 31.1 Å². The van der Waals surface area contributed by atoms with Crippen LogP contribution < -0.4 is 20.1 Å². The van der Waals surface area contributed by atoms with Gasteiger partial charge in [-0.25, -0.2) is 8.42 Å². The minimum absolute atomic E-state index is 0.186. The van der Waals surface area contributed by atoms with Crippen LogP contribution in [0.25, 0.3) is 10.9 Å². The molecule has 1 heterocycles. The van der Waals surface area contributed by atoms with Crippen LogP contribution in [0, 0.1) is 0 Å². The lowest BCUT2D eigenvalue weighted by molar-refractivity contribution is -0.137. The minimum Gasteiger partial charge on any atom is -0.484 e. The van der Waals surface area contributed by atoms with Gasteiger partial charge in [-0.2, -0.15) is 13.2 Å². The Morgan fingerprint density at radius 2 is 1.74 bits per heavy atom. The topological polar surface area (TPSA) is 109 Å². The molecule has 4 aromatic rings. The van der Waals surface area contributed by atoms with Crippen LogP contribution in [0.5, 0.6) is 5.75 Å². The molecule has 1 aromatic heterocycles. The predicted molar refractivity (Wildman–Crippen MR) is 142 cm³/mol. The van der Waals surface area contributed by atoms with E-state index in [0.717, 1.165) is 28.7 Å². The average molecular weight is 579 g/mol. The van der Waals surface area contributed by atoms with Crippen LogP contribution in [0.4, 0.5) is 24.5 Å². The Kier molecular flexibility index (Phi) is 8.46. The van der Waals surface area contributed by atoms with Gasteiger partial charge in [-0.05, 0) is 66.7 Å². The summed E-state index contributed by atoms with van der Waals surface area (Å²) in [6.45, 7) is 0.460. The lowest BCUT2D eigenvalue weighted by atomic mass is 10.2. The fourth-order valence-electron chi connectivity index (χ4n) is 3.56. The van der Waals surface area contributed by atoms with Gasteiger partial charge in [0, 0.05) is 41.1 Å². The zero-order chi connectivity index (χ0) is 28.0. The highest BCUT2D eigenvalue weighted by molar-refractivity contribution is 7.92. The SMILES string of the molecule is O=C(COc1ccc(S(=O)(=O)Nc2cccc(C(F)(F)F)c2)cc1)NCCNc1ccnc2cc(Cl)ccc12. The first-order chi connectivity index (χ1) is 18.5. The smallest absolute Gasteiger partial charge is 0.416 e. The molecule has 0 atom stereocenters. The Morgan fingerprint density at radius 1 is 0.974 bits per heavy atom. The number of rotatable bonds is 10. The number of carbonyl (C=O) groups excluding carboxylic acids is 1. The Balaban J connectivity index is 1.24. The van der Waals surface area contributed by atoms with Gasteiger partial charge in [0.1, 0.15) is 5.75 Å². The molecule has 0 bridgehead atoms. The number of anilines is 2. The maximum atomic E-state index is 12.9. The molecule has 39 heavy (non-hydrogen) atoms. The average Bonchev–Trinajstić information content (AvgIpc) is 2.89. The van der Waals surface area contributed by atoms with Crippen LogP contribution in [0.2, 0.25) is 5.02 Å². The molecule has 0 aliphatic carbocycles. The lowest BCUT2D eigenvalue weighted by Crippen LogP contribution is -2.32. The van der Waals surface area contributed by atoms with E-state index in [0.29, 0.717) is 24.2 Å². The predicted octanol–water partition coefficient (Wildman–Crippen LogP) is 5.31. The standard InChI is InChI=1S/C26H22ClF3N4O4S/c27-18-4-9-22-23(10-11-31-24(22)15-18)32-12-13-33-25(35)16-38-20-5-7-21(8-6-20)39(36,37)34-19-3-1-2-17(14-19)26(28,29)30/h1-11,14-15,34H,12-13,16H2,(H,31,32)(H,33,35). The first-order valence-electron chi connectivity index (χ1n) is 11.5. The fourth-order valence-corrected chi connectivity index (χ4v) is 4.78. The van der Waals surface area contributed by atoms with Crippen molar-refractivity contribution >= 4 is 49.8 Å². The highest BCUT2D eigenvalue weighted by Crippen LogP contribution is 2.31. The van der Waals surface area contributed by atoms with E-state index in [1.165, 1.54) is 30.3 Å². The molecule has 8 nitrogen and oxygen atoms in total. The first-order valence-corrected chi connectivity index (χ1v) is 13.4. The van der Waals surface area contributed by atoms with E-state index in [9.17, 15) is 26.4 Å². The zero-order valence-electron chi connectivity index (χ0n) is 20.1. The number of pyridine rings is 1. The molecule has 0 saturated heterocycles. The van der Waals surface area contributed by atoms with Crippen molar-refractivity contribution in [3.05, 3.63) is 89.6 Å². The van der Waals surface area contributed by atoms with Gasteiger partial charge >= 0.3 is 6.18 Å². The van der Waals surface area contributed by atoms with Crippen LogP contribution in [0.3, 0.4) is 0 Å². The van der Waals surface area contributed by atoms with Crippen molar-refractivity contribution in [1.29, 1.82) is 0 Å². The largest absolute Gasteiger partial charge is 0.484 e. The number of carbonyl (C=O) groups is 1. The number of alkyl halides is 3. The normalized spacial score (nSPS) is 11.7. The number of nitrogens with one attached hydrogen (secondary N) is 3. The van der Waals surface area contributed by atoms with E-state index in [4.69, 9.17) is 16.3 Å². The molecule has 0 aliphatic rings. The van der Waals surface area contributed by atoms with E-state index in [1.807, 2.05) is 12.1 Å². The molecule has 0 radical (unpaired) electrons. The first kappa shape index (κ1) is 28.0. The molecule has 3 aromatic carbocycles. The number of hydrogen-bond acceptors (Lipinski definition) is 6. The minimum atomic E-state index is -4.60. The Labute approximate surface area is 227 Å². The number of nitrogens with zero attached hydrogens (tertiary/aromatic N) is 1. The molecular formula is C26H22ClF3N4O4S. The summed E-state index contributed by atoms with van der Waals surface area (Å²) in [5.41, 5.74) is 0.393. The number of ether oxygens (including phenoxy) is 1. The Bertz CT molecular complexity index is 1580. The summed E-state index contributed by atoms with van der Waals surface area (Å²) in [5.74, 6) is -0.144. The van der Waals surface area contributed by atoms with Crippen molar-refractivity contribution in [1.82, 2.24) is 10.3 Å². The maximum Gasteiger partial charge on any atom is 0.416 e. The van der Waals surface area contributed by atoms with E-state index < -0.39 is 21.8 Å². The molecule has 0 aliphatic heterocycles. The van der Waals surface area contributed by atoms with Crippen LogP contribution in [-0.4, -0.2) is 39.0 Å². The van der Waals surface area contributed by atoms with E-state index in [1.54, 1.807) is 18.3 Å². The van der Waals surface area contributed by atoms with Gasteiger partial charge in [0.05, 0.1) is 16.0 Å². The molecular weight excluding hydrogens is 557 g/mol. The van der Waals surface area contributed by atoms with Crippen molar-refractivity contribution in [2.24, 2.45) is 0 Å². The van der Waals surface area contributed by atoms with Gasteiger partial charge in [-0.1, -0.05) is 17.7 Å². The Morgan fingerprint density at radius 3 is 2.49 bits per heavy atom. The Hall–Kier alpha value is -4.03. The number of amides is 1. The zero-order valence-corrected chi connectivity index (χ0v) is 21.7. The summed E-state index contributed by atoms with van der Waals surface area (Å²) < 4.78 is 71.3. The monoisotopic (exact) mass is 578 g/mol. The summed E-state index contributed by atoms with van der Waals surface area (Å²) >= 11 is 6.00. The number of halogens is 4. The van der Waals surface area contributed by atoms with Gasteiger partial charge < -0.3 is 15.4 Å². The van der Waals surface area contributed by atoms with Crippen LogP contribution in [0.15, 0.2) is 83.9 Å². The quantitative estimate of drug-likeness (QED) is 0.220. The van der Waals surface area contributed by atoms with Crippen molar-refractivity contribution in [3.8, 4) is 5.75 Å². The van der Waals surface area contributed by atoms with Crippen molar-refractivity contribution in [3.63, 3.8) is 0 Å². The highest BCUT2D eigenvalue weighted by Gasteiger charge is 2.30. The van der Waals surface area contributed by atoms with Gasteiger partial charge in [-0.3, -0.25) is 14.5 Å². The molecule has 4 rings (SSSR count). The van der Waals surface area contributed by atoms with Gasteiger partial charge in [0.25, 0.3) is 15.9 Å². The summed E-state index contributed by atoms with van der Waals surface area (Å²) in [6, 6.07) is 16.2. The third-order valence-corrected chi connectivity index (χ3v) is 7.05. The molecule has 0 saturated carbocycles. The van der Waals surface area contributed by atoms with Crippen molar-refractivity contribution in [2.75, 3.05) is 29.7 Å². The number of benzene rings is 3. The molecule has 204 valence electrons. The van der Waals surface area contributed by atoms with Crippen molar-refractivity contribution in [2.45, 2.75) is 11.1 Å². The second-order valence-corrected chi connectivity index (χ2v) is 10.4. The summed E-state index contributed by atoms with van der Waals surface area (Å²) in [6.07, 6.45) is -2.95. The molecule has 1 amide bonds. The van der Waals surface area contributed by atoms with Crippen LogP contribution in [-0.2, 0) is 21.0 Å². The van der Waals surface area contributed by atoms with Crippen LogP contribution in [0.1, 0.15) is 5.56 Å². The van der Waals surface area contributed by atoms with E-state index >= 15 is 0 Å². The second-order valence-electron chi connectivity index (χ2n) is 8.24. The molecule has 3 N–H and O–H groups in total. The summed E-state index contributed by atoms with van der Waals surface area (Å²) in [4.78, 5) is 16.2. The molecule has 13 heteroatoms. The number of aromatic nitrogens is 1. The lowest BCUT2D eigenvalue weighted by Gasteiger charge is -2.12. The highest BCUT2D eigenvalue weighted by atomic mass is 35.5. The number of hydrogen-bond donors (Lipinski definition) is 3. The molecule has 0 fully saturated rings. The van der Waals surface area contributed by atoms with E-state index in [2.05, 4.69) is 20.3 Å². The number of fused-ring (bicyclic) bond motifs is 1. The second kappa shape index (κ2) is 11.8. The van der Waals surface area contributed by atoms with Crippen LogP contribution >= 0.6 is 11.6 Å². The fraction of sp³-hybridized carbons (Fsp3) is 0.154. The van der Waals surface area contributed by atoms with E-state index in [-0.39, 0.29) is 28.8 Å². The van der Waals surface area contributed by atoms with Gasteiger partial charge in [-0.15, -0.1) is 0 Å². The molecule has 0 spiro atoms. The summed E-state index contributed by atoms with van der Waals surface area (Å²) in [7, 11) is -4.15. The van der Waals surface area contributed by atoms with Gasteiger partial charge in [0.2, 0.25) is 0 Å². The third-order valence-electron chi connectivity index (χ3n) is 5.41. The molecule has 0 unspecified atom stereocenters. The maximum absolute atomic E-state index is 12.9. The summed E-state index contributed by atoms with van der Waals surface area (Å²) in [5, 5.41) is 7.42.